The first-order valence-electron chi connectivity index (χ1n) is 18.2. The fourth-order valence-corrected chi connectivity index (χ4v) is 9.46. The summed E-state index contributed by atoms with van der Waals surface area (Å²) >= 11 is 2.87. The first-order valence-corrected chi connectivity index (χ1v) is 22.4. The minimum Gasteiger partial charge on any atom is -0.370 e. The monoisotopic (exact) mass is 801 g/mol. The molecule has 0 saturated carbocycles. The number of amides is 4. The molecule has 0 saturated heterocycles. The molecule has 1 heterocycles. The molecule has 3 aromatic rings. The van der Waals surface area contributed by atoms with Crippen LogP contribution in [-0.2, 0) is 26.6 Å². The number of aromatic amines is 1. The fraction of sp³-hybridized carbons (Fsp3) is 0.500. The molecule has 0 aliphatic heterocycles. The average Bonchev–Trinajstić information content (AvgIpc) is 3.54. The summed E-state index contributed by atoms with van der Waals surface area (Å²) in [5, 5.41) is 8.57. The number of fused-ring (bicyclic) bond motifs is 1. The van der Waals surface area contributed by atoms with Gasteiger partial charge in [0, 0.05) is 54.8 Å². The smallest absolute Gasteiger partial charge is 0.275 e. The number of para-hydroxylation sites is 1. The van der Waals surface area contributed by atoms with Gasteiger partial charge in [-0.25, -0.2) is 0 Å². The van der Waals surface area contributed by atoms with E-state index in [1.165, 1.54) is 23.7 Å². The van der Waals surface area contributed by atoms with E-state index in [-0.39, 0.29) is 47.2 Å². The number of guanidine groups is 1. The number of nitrogens with one attached hydrogen (secondary N) is 6. The molecule has 3 rings (SSSR count). The zero-order valence-electron chi connectivity index (χ0n) is 32.3. The Hall–Kier alpha value is -3.86. The SMILES string of the molecule is CN=C(N)NCCC[C@H](NC(=O)C(CC(C)C)SCCNC(=O)[C@H](Cc1ccccc1)SNC(C)C)C(=O)NS(C)(Cc1c[nH]c2ccccc12)C(N)=O. The third-order valence-corrected chi connectivity index (χ3v) is 13.4. The van der Waals surface area contributed by atoms with Crippen molar-refractivity contribution in [3.8, 4) is 0 Å². The normalized spacial score (nSPS) is 15.2. The zero-order valence-corrected chi connectivity index (χ0v) is 34.7. The van der Waals surface area contributed by atoms with Gasteiger partial charge in [-0.2, -0.15) is 0 Å². The summed E-state index contributed by atoms with van der Waals surface area (Å²) in [6, 6.07) is 16.9. The predicted octanol–water partition coefficient (Wildman–Crippen LogP) is 4.53. The minimum atomic E-state index is -2.54. The summed E-state index contributed by atoms with van der Waals surface area (Å²) in [4.78, 5) is 61.3. The lowest BCUT2D eigenvalue weighted by atomic mass is 10.1. The predicted molar refractivity (Wildman–Crippen MR) is 228 cm³/mol. The Morgan fingerprint density at radius 1 is 0.889 bits per heavy atom. The van der Waals surface area contributed by atoms with Crippen molar-refractivity contribution in [1.82, 2.24) is 30.4 Å². The van der Waals surface area contributed by atoms with Crippen molar-refractivity contribution in [2.45, 2.75) is 81.7 Å². The van der Waals surface area contributed by atoms with Crippen molar-refractivity contribution in [3.63, 3.8) is 0 Å². The van der Waals surface area contributed by atoms with E-state index < -0.39 is 32.7 Å². The van der Waals surface area contributed by atoms with Crippen LogP contribution < -0.4 is 36.9 Å². The van der Waals surface area contributed by atoms with E-state index in [1.807, 2.05) is 88.5 Å². The number of carbonyl (C=O) groups excluding carboxylic acids is 4. The summed E-state index contributed by atoms with van der Waals surface area (Å²) in [6.45, 7) is 8.95. The Labute approximate surface area is 330 Å². The summed E-state index contributed by atoms with van der Waals surface area (Å²) in [7, 11) is -0.964. The molecule has 10 N–H and O–H groups in total. The molecule has 4 atom stereocenters. The van der Waals surface area contributed by atoms with Crippen LogP contribution in [0.5, 0.6) is 0 Å². The second kappa shape index (κ2) is 22.5. The first kappa shape index (κ1) is 44.5. The molecule has 0 radical (unpaired) electrons. The summed E-state index contributed by atoms with van der Waals surface area (Å²) in [5.74, 6) is 0.369. The maximum atomic E-state index is 14.0. The molecule has 2 aromatic carbocycles. The van der Waals surface area contributed by atoms with E-state index in [4.69, 9.17) is 11.5 Å². The van der Waals surface area contributed by atoms with Gasteiger partial charge in [0.15, 0.2) is 5.96 Å². The van der Waals surface area contributed by atoms with E-state index in [0.29, 0.717) is 38.1 Å². The van der Waals surface area contributed by atoms with Crippen molar-refractivity contribution in [2.24, 2.45) is 22.4 Å². The van der Waals surface area contributed by atoms with Gasteiger partial charge < -0.3 is 37.1 Å². The van der Waals surface area contributed by atoms with Crippen LogP contribution in [0.25, 0.3) is 10.9 Å². The third kappa shape index (κ3) is 14.8. The number of thioether (sulfide) groups is 1. The topological polar surface area (TPSA) is 209 Å². The van der Waals surface area contributed by atoms with E-state index >= 15 is 0 Å². The van der Waals surface area contributed by atoms with E-state index in [0.717, 1.165) is 22.0 Å². The molecule has 0 spiro atoms. The number of rotatable bonds is 21. The Morgan fingerprint density at radius 2 is 1.59 bits per heavy atom. The summed E-state index contributed by atoms with van der Waals surface area (Å²) in [5.41, 5.74) is 14.6. The fourth-order valence-electron chi connectivity index (χ4n) is 5.55. The van der Waals surface area contributed by atoms with Crippen molar-refractivity contribution in [2.75, 3.05) is 32.1 Å². The van der Waals surface area contributed by atoms with Crippen LogP contribution >= 0.6 is 33.9 Å². The minimum absolute atomic E-state index is 0.0748. The lowest BCUT2D eigenvalue weighted by Crippen LogP contribution is -2.51. The van der Waals surface area contributed by atoms with Crippen LogP contribution in [-0.4, -0.2) is 88.6 Å². The molecule has 0 fully saturated rings. The van der Waals surface area contributed by atoms with Gasteiger partial charge in [0.05, 0.1) is 5.25 Å². The Kier molecular flexibility index (Phi) is 18.6. The molecule has 54 heavy (non-hydrogen) atoms. The molecule has 1 aromatic heterocycles. The van der Waals surface area contributed by atoms with Gasteiger partial charge in [-0.1, -0.05) is 84.5 Å². The first-order chi connectivity index (χ1) is 25.7. The molecule has 0 aliphatic carbocycles. The Bertz CT molecular complexity index is 1690. The van der Waals surface area contributed by atoms with Gasteiger partial charge in [0.25, 0.3) is 11.1 Å². The van der Waals surface area contributed by atoms with Gasteiger partial charge in [0.2, 0.25) is 11.8 Å². The van der Waals surface area contributed by atoms with E-state index in [9.17, 15) is 19.2 Å². The van der Waals surface area contributed by atoms with Crippen LogP contribution in [0, 0.1) is 5.92 Å². The van der Waals surface area contributed by atoms with Crippen molar-refractivity contribution in [1.29, 1.82) is 0 Å². The van der Waals surface area contributed by atoms with Gasteiger partial charge in [-0.05, 0) is 68.9 Å². The number of aliphatic imine (C=N–C) groups is 1. The maximum absolute atomic E-state index is 14.0. The van der Waals surface area contributed by atoms with Crippen LogP contribution in [0.4, 0.5) is 4.79 Å². The molecule has 298 valence electrons. The zero-order chi connectivity index (χ0) is 39.7. The molecular formula is C38H59N9O4S3. The highest BCUT2D eigenvalue weighted by molar-refractivity contribution is 8.43. The third-order valence-electron chi connectivity index (χ3n) is 8.44. The summed E-state index contributed by atoms with van der Waals surface area (Å²) < 4.78 is 6.27. The maximum Gasteiger partial charge on any atom is 0.275 e. The number of H-pyrrole nitrogens is 1. The Morgan fingerprint density at radius 3 is 2.26 bits per heavy atom. The number of nitrogens with two attached hydrogens (primary N) is 2. The van der Waals surface area contributed by atoms with Crippen molar-refractivity contribution in [3.05, 3.63) is 71.9 Å². The number of hydrogen-bond donors (Lipinski definition) is 8. The standard InChI is InChI=1S/C38H59N9O4S3/c1-25(2)21-32(52-20-19-42-35(49)33(53-46-26(3)4)22-27-13-8-7-9-14-27)36(50)45-31(17-12-18-43-37(39)41-5)34(48)47-54(6,38(40)51)24-28-23-44-30-16-11-10-15-29(28)30/h7-11,13-16,23,25-26,31-33,44,46H,12,17-22,24H2,1-6H3,(H2,40,51)(H,42,49)(H,45,50)(H,47,48)(H3,39,41,43)/t31-,32?,33-/m0/s1. The van der Waals surface area contributed by atoms with Crippen molar-refractivity contribution < 1.29 is 19.2 Å². The number of nitrogens with zero attached hydrogens (tertiary/aromatic N) is 1. The highest BCUT2D eigenvalue weighted by Crippen LogP contribution is 2.44. The lowest BCUT2D eigenvalue weighted by Gasteiger charge is -2.35. The molecular weight excluding hydrogens is 743 g/mol. The highest BCUT2D eigenvalue weighted by Gasteiger charge is 2.33. The number of aromatic nitrogens is 1. The van der Waals surface area contributed by atoms with Crippen molar-refractivity contribution >= 4 is 73.7 Å². The molecule has 0 aliphatic rings. The number of benzene rings is 2. The van der Waals surface area contributed by atoms with Gasteiger partial charge in [-0.3, -0.25) is 28.9 Å². The van der Waals surface area contributed by atoms with E-state index in [2.05, 4.69) is 35.4 Å². The summed E-state index contributed by atoms with van der Waals surface area (Å²) in [6.07, 6.45) is 5.43. The van der Waals surface area contributed by atoms with Crippen LogP contribution in [0.15, 0.2) is 65.8 Å². The van der Waals surface area contributed by atoms with E-state index in [1.54, 1.807) is 13.3 Å². The Balaban J connectivity index is 1.70. The largest absolute Gasteiger partial charge is 0.370 e. The van der Waals surface area contributed by atoms with Gasteiger partial charge in [0.1, 0.15) is 11.3 Å². The van der Waals surface area contributed by atoms with Crippen LogP contribution in [0.1, 0.15) is 58.1 Å². The van der Waals surface area contributed by atoms with Crippen LogP contribution in [0.3, 0.4) is 0 Å². The lowest BCUT2D eigenvalue weighted by molar-refractivity contribution is -0.128. The molecule has 4 amide bonds. The molecule has 13 nitrogen and oxygen atoms in total. The second-order valence-electron chi connectivity index (χ2n) is 14.0. The molecule has 2 unspecified atom stereocenters. The van der Waals surface area contributed by atoms with Gasteiger partial charge >= 0.3 is 0 Å². The van der Waals surface area contributed by atoms with Gasteiger partial charge in [-0.15, -0.1) is 11.8 Å². The average molecular weight is 802 g/mol. The van der Waals surface area contributed by atoms with Crippen LogP contribution in [0.2, 0.25) is 0 Å². The number of primary amides is 1. The molecule has 0 bridgehead atoms. The quantitative estimate of drug-likeness (QED) is 0.0329. The number of carbonyl (C=O) groups is 4. The second-order valence-corrected chi connectivity index (χ2v) is 19.4. The molecule has 16 heteroatoms. The number of hydrogen-bond acceptors (Lipinski definition) is 8. The highest BCUT2D eigenvalue weighted by atomic mass is 32.3.